The predicted octanol–water partition coefficient (Wildman–Crippen LogP) is 3.68. The maximum Gasteiger partial charge on any atom is 0.240 e. The van der Waals surface area contributed by atoms with E-state index in [2.05, 4.69) is 34.7 Å². The van der Waals surface area contributed by atoms with Gasteiger partial charge in [-0.15, -0.1) is 0 Å². The number of hydrogen-bond donors (Lipinski definition) is 1. The summed E-state index contributed by atoms with van der Waals surface area (Å²) in [6, 6.07) is 13.6. The smallest absolute Gasteiger partial charge is 0.240 e. The molecule has 0 saturated heterocycles. The minimum atomic E-state index is -3.44. The van der Waals surface area contributed by atoms with Crippen LogP contribution in [-0.2, 0) is 22.9 Å². The highest BCUT2D eigenvalue weighted by Gasteiger charge is 2.17. The maximum atomic E-state index is 12.4. The highest BCUT2D eigenvalue weighted by Crippen LogP contribution is 2.28. The Morgan fingerprint density at radius 3 is 2.77 bits per heavy atom. The van der Waals surface area contributed by atoms with E-state index >= 15 is 0 Å². The van der Waals surface area contributed by atoms with Crippen LogP contribution in [-0.4, -0.2) is 28.1 Å². The van der Waals surface area contributed by atoms with Gasteiger partial charge >= 0.3 is 0 Å². The van der Waals surface area contributed by atoms with Crippen LogP contribution in [0.1, 0.15) is 36.5 Å². The number of benzene rings is 2. The van der Waals surface area contributed by atoms with Gasteiger partial charge in [-0.2, -0.15) is 0 Å². The number of rotatable bonds is 7. The van der Waals surface area contributed by atoms with E-state index in [1.165, 1.54) is 23.2 Å². The lowest BCUT2D eigenvalue weighted by molar-refractivity contribution is 0.581. The lowest BCUT2D eigenvalue weighted by atomic mass is 9.98. The Bertz CT molecular complexity index is 862. The molecule has 3 rings (SSSR count). The van der Waals surface area contributed by atoms with Crippen LogP contribution < -0.4 is 9.62 Å². The minimum Gasteiger partial charge on any atom is -0.371 e. The van der Waals surface area contributed by atoms with Gasteiger partial charge in [0.15, 0.2) is 0 Å². The Kier molecular flexibility index (Phi) is 5.99. The van der Waals surface area contributed by atoms with Crippen LogP contribution in [0, 0.1) is 6.92 Å². The molecule has 0 aliphatic carbocycles. The second-order valence-electron chi connectivity index (χ2n) is 7.02. The molecule has 0 aromatic heterocycles. The lowest BCUT2D eigenvalue weighted by Crippen LogP contribution is -2.30. The predicted molar refractivity (Wildman–Crippen MR) is 107 cm³/mol. The topological polar surface area (TPSA) is 49.4 Å². The zero-order valence-electron chi connectivity index (χ0n) is 15.7. The highest BCUT2D eigenvalue weighted by atomic mass is 32.2. The van der Waals surface area contributed by atoms with Crippen molar-refractivity contribution in [2.45, 2.75) is 44.4 Å². The van der Waals surface area contributed by atoms with Crippen LogP contribution in [0.25, 0.3) is 0 Å². The molecule has 0 unspecified atom stereocenters. The molecule has 140 valence electrons. The molecule has 2 aromatic rings. The van der Waals surface area contributed by atoms with Gasteiger partial charge in [0.25, 0.3) is 0 Å². The number of nitrogens with zero attached hydrogens (tertiary/aromatic N) is 1. The van der Waals surface area contributed by atoms with Crippen molar-refractivity contribution in [3.05, 3.63) is 59.2 Å². The van der Waals surface area contributed by atoms with Gasteiger partial charge < -0.3 is 4.90 Å². The molecule has 26 heavy (non-hydrogen) atoms. The Morgan fingerprint density at radius 2 is 2.00 bits per heavy atom. The molecule has 1 aliphatic rings. The molecule has 0 saturated carbocycles. The van der Waals surface area contributed by atoms with Gasteiger partial charge in [0, 0.05) is 25.3 Å². The van der Waals surface area contributed by atoms with E-state index < -0.39 is 10.0 Å². The Hall–Kier alpha value is -1.85. The zero-order valence-corrected chi connectivity index (χ0v) is 16.5. The number of hydrogen-bond acceptors (Lipinski definition) is 3. The first kappa shape index (κ1) is 18.9. The Balaban J connectivity index is 1.63. The third-order valence-corrected chi connectivity index (χ3v) is 6.32. The first-order chi connectivity index (χ1) is 12.5. The number of anilines is 1. The van der Waals surface area contributed by atoms with Crippen molar-refractivity contribution in [2.75, 3.05) is 24.5 Å². The molecule has 0 amide bonds. The lowest BCUT2D eigenvalue weighted by Gasteiger charge is -2.31. The average molecular weight is 373 g/mol. The molecular formula is C21H28N2O2S. The molecule has 5 heteroatoms. The highest BCUT2D eigenvalue weighted by molar-refractivity contribution is 7.89. The van der Waals surface area contributed by atoms with Crippen LogP contribution >= 0.6 is 0 Å². The van der Waals surface area contributed by atoms with Gasteiger partial charge in [-0.05, 0) is 67.5 Å². The Labute approximate surface area is 157 Å². The number of fused-ring (bicyclic) bond motifs is 1. The zero-order chi connectivity index (χ0) is 18.6. The van der Waals surface area contributed by atoms with Gasteiger partial charge in [-0.25, -0.2) is 13.1 Å². The van der Waals surface area contributed by atoms with Crippen molar-refractivity contribution in [1.29, 1.82) is 0 Å². The molecule has 1 heterocycles. The van der Waals surface area contributed by atoms with Crippen molar-refractivity contribution >= 4 is 15.7 Å². The van der Waals surface area contributed by atoms with E-state index in [1.54, 1.807) is 18.2 Å². The largest absolute Gasteiger partial charge is 0.371 e. The van der Waals surface area contributed by atoms with E-state index in [0.717, 1.165) is 31.5 Å². The molecule has 2 aromatic carbocycles. The van der Waals surface area contributed by atoms with Crippen LogP contribution in [0.2, 0.25) is 0 Å². The number of aryl methyl sites for hydroxylation is 2. The standard InChI is InChI=1S/C21H28N2O2S/c1-3-13-23-14-5-7-19-16-18(9-10-21(19)23)11-12-22-26(24,25)20-8-4-6-17(2)15-20/h4,6,8-10,15-16,22H,3,5,7,11-14H2,1-2H3. The monoisotopic (exact) mass is 372 g/mol. The summed E-state index contributed by atoms with van der Waals surface area (Å²) in [6.07, 6.45) is 4.16. The molecule has 0 spiro atoms. The molecule has 4 nitrogen and oxygen atoms in total. The van der Waals surface area contributed by atoms with Gasteiger partial charge in [-0.1, -0.05) is 31.2 Å². The summed E-state index contributed by atoms with van der Waals surface area (Å²) < 4.78 is 27.5. The fraction of sp³-hybridized carbons (Fsp3) is 0.429. The van der Waals surface area contributed by atoms with Crippen molar-refractivity contribution in [1.82, 2.24) is 4.72 Å². The van der Waals surface area contributed by atoms with Gasteiger partial charge in [-0.3, -0.25) is 0 Å². The second-order valence-corrected chi connectivity index (χ2v) is 8.78. The summed E-state index contributed by atoms with van der Waals surface area (Å²) in [5.41, 5.74) is 4.87. The molecule has 0 fully saturated rings. The molecule has 1 aliphatic heterocycles. The normalized spacial score (nSPS) is 14.3. The van der Waals surface area contributed by atoms with Crippen LogP contribution in [0.3, 0.4) is 0 Å². The second kappa shape index (κ2) is 8.23. The van der Waals surface area contributed by atoms with Crippen LogP contribution in [0.5, 0.6) is 0 Å². The quantitative estimate of drug-likeness (QED) is 0.807. The van der Waals surface area contributed by atoms with Gasteiger partial charge in [0.1, 0.15) is 0 Å². The van der Waals surface area contributed by atoms with Crippen molar-refractivity contribution in [3.63, 3.8) is 0 Å². The average Bonchev–Trinajstić information content (AvgIpc) is 2.62. The fourth-order valence-electron chi connectivity index (χ4n) is 3.58. The molecule has 0 radical (unpaired) electrons. The molecule has 0 atom stereocenters. The summed E-state index contributed by atoms with van der Waals surface area (Å²) in [4.78, 5) is 2.79. The van der Waals surface area contributed by atoms with Crippen molar-refractivity contribution in [3.8, 4) is 0 Å². The first-order valence-corrected chi connectivity index (χ1v) is 10.9. The van der Waals surface area contributed by atoms with E-state index in [1.807, 2.05) is 13.0 Å². The molecule has 0 bridgehead atoms. The third kappa shape index (κ3) is 4.46. The third-order valence-electron chi connectivity index (χ3n) is 4.86. The van der Waals surface area contributed by atoms with Crippen LogP contribution in [0.4, 0.5) is 5.69 Å². The van der Waals surface area contributed by atoms with Gasteiger partial charge in [0.2, 0.25) is 10.0 Å². The van der Waals surface area contributed by atoms with E-state index in [9.17, 15) is 8.42 Å². The summed E-state index contributed by atoms with van der Waals surface area (Å²) in [6.45, 7) is 6.75. The fourth-order valence-corrected chi connectivity index (χ4v) is 4.72. The molecule has 1 N–H and O–H groups in total. The molecular weight excluding hydrogens is 344 g/mol. The van der Waals surface area contributed by atoms with Gasteiger partial charge in [0.05, 0.1) is 4.90 Å². The summed E-state index contributed by atoms with van der Waals surface area (Å²) >= 11 is 0. The van der Waals surface area contributed by atoms with E-state index in [0.29, 0.717) is 17.9 Å². The number of nitrogens with one attached hydrogen (secondary N) is 1. The number of sulfonamides is 1. The first-order valence-electron chi connectivity index (χ1n) is 9.42. The van der Waals surface area contributed by atoms with Crippen LogP contribution in [0.15, 0.2) is 47.4 Å². The summed E-state index contributed by atoms with van der Waals surface area (Å²) in [5, 5.41) is 0. The van der Waals surface area contributed by atoms with E-state index in [-0.39, 0.29) is 0 Å². The Morgan fingerprint density at radius 1 is 1.15 bits per heavy atom. The van der Waals surface area contributed by atoms with Crippen molar-refractivity contribution < 1.29 is 8.42 Å². The maximum absolute atomic E-state index is 12.4. The van der Waals surface area contributed by atoms with E-state index in [4.69, 9.17) is 0 Å². The minimum absolute atomic E-state index is 0.332. The SMILES string of the molecule is CCCN1CCCc2cc(CCNS(=O)(=O)c3cccc(C)c3)ccc21. The summed E-state index contributed by atoms with van der Waals surface area (Å²) in [5.74, 6) is 0. The van der Waals surface area contributed by atoms with Crippen molar-refractivity contribution in [2.24, 2.45) is 0 Å². The summed E-state index contributed by atoms with van der Waals surface area (Å²) in [7, 11) is -3.44.